The van der Waals surface area contributed by atoms with Gasteiger partial charge in [-0.1, -0.05) is 6.07 Å². The molecule has 0 radical (unpaired) electrons. The minimum absolute atomic E-state index is 0.229. The quantitative estimate of drug-likeness (QED) is 0.448. The van der Waals surface area contributed by atoms with Crippen LogP contribution in [0.2, 0.25) is 0 Å². The first-order valence-corrected chi connectivity index (χ1v) is 4.55. The van der Waals surface area contributed by atoms with Crippen LogP contribution in [0.25, 0.3) is 6.08 Å². The van der Waals surface area contributed by atoms with Crippen LogP contribution in [0.3, 0.4) is 0 Å². The first kappa shape index (κ1) is 14.0. The van der Waals surface area contributed by atoms with Gasteiger partial charge in [0.15, 0.2) is 11.5 Å². The molecule has 0 aliphatic rings. The summed E-state index contributed by atoms with van der Waals surface area (Å²) in [5.41, 5.74) is 0.512. The molecule has 0 saturated heterocycles. The van der Waals surface area contributed by atoms with Crippen molar-refractivity contribution in [3.63, 3.8) is 0 Å². The maximum absolute atomic E-state index is 10.1. The lowest BCUT2D eigenvalue weighted by molar-refractivity contribution is -0.131. The van der Waals surface area contributed by atoms with E-state index in [1.807, 2.05) is 0 Å². The van der Waals surface area contributed by atoms with Crippen LogP contribution in [0.1, 0.15) is 12.5 Å². The van der Waals surface area contributed by atoms with Crippen LogP contribution >= 0.6 is 0 Å². The monoisotopic (exact) mass is 226 g/mol. The van der Waals surface area contributed by atoms with Crippen LogP contribution in [0.15, 0.2) is 24.3 Å². The van der Waals surface area contributed by atoms with Gasteiger partial charge in [-0.25, -0.2) is 4.79 Å². The Morgan fingerprint density at radius 3 is 2.31 bits per heavy atom. The molecule has 16 heavy (non-hydrogen) atoms. The maximum Gasteiger partial charge on any atom is 0.328 e. The molecule has 0 atom stereocenters. The Labute approximate surface area is 92.9 Å². The molecule has 0 unspecified atom stereocenters. The van der Waals surface area contributed by atoms with E-state index >= 15 is 0 Å². The third-order valence-corrected chi connectivity index (χ3v) is 1.42. The highest BCUT2D eigenvalue weighted by molar-refractivity contribution is 5.85. The van der Waals surface area contributed by atoms with Crippen LogP contribution in [0.4, 0.5) is 0 Å². The van der Waals surface area contributed by atoms with E-state index in [-0.39, 0.29) is 18.1 Å². The Morgan fingerprint density at radius 2 is 1.88 bits per heavy atom. The lowest BCUT2D eigenvalue weighted by Gasteiger charge is -1.97. The topological polar surface area (TPSA) is 98.0 Å². The third kappa shape index (κ3) is 5.66. The summed E-state index contributed by atoms with van der Waals surface area (Å²) in [5.74, 6) is -1.56. The van der Waals surface area contributed by atoms with Gasteiger partial charge in [0.25, 0.3) is 0 Å². The van der Waals surface area contributed by atoms with Crippen LogP contribution in [-0.4, -0.2) is 33.0 Å². The predicted octanol–water partition coefficient (Wildman–Crippen LogP) is 1.19. The molecule has 0 aromatic heterocycles. The number of aliphatic hydroxyl groups is 1. The number of benzene rings is 1. The molecule has 1 aromatic carbocycles. The molecule has 5 heteroatoms. The van der Waals surface area contributed by atoms with E-state index in [4.69, 9.17) is 20.4 Å². The van der Waals surface area contributed by atoms with E-state index in [0.717, 1.165) is 6.08 Å². The number of phenolic OH excluding ortho intramolecular Hbond substituents is 2. The summed E-state index contributed by atoms with van der Waals surface area (Å²) in [6.45, 7) is 1.93. The number of carboxylic acids is 1. The Morgan fingerprint density at radius 1 is 1.31 bits per heavy atom. The molecule has 1 rings (SSSR count). The minimum Gasteiger partial charge on any atom is -0.504 e. The number of aliphatic hydroxyl groups excluding tert-OH is 1. The highest BCUT2D eigenvalue weighted by atomic mass is 16.4. The summed E-state index contributed by atoms with van der Waals surface area (Å²) in [7, 11) is 0. The van der Waals surface area contributed by atoms with Gasteiger partial charge in [0.1, 0.15) is 0 Å². The molecule has 0 bridgehead atoms. The Kier molecular flexibility index (Phi) is 6.39. The molecule has 0 aliphatic carbocycles. The second kappa shape index (κ2) is 7.30. The smallest absolute Gasteiger partial charge is 0.328 e. The number of hydrogen-bond donors (Lipinski definition) is 4. The maximum atomic E-state index is 10.1. The molecule has 0 heterocycles. The normalized spacial score (nSPS) is 9.62. The van der Waals surface area contributed by atoms with E-state index in [1.54, 1.807) is 6.92 Å². The Balaban J connectivity index is 0.000000673. The van der Waals surface area contributed by atoms with Crippen molar-refractivity contribution in [1.82, 2.24) is 0 Å². The molecule has 0 fully saturated rings. The van der Waals surface area contributed by atoms with Crippen molar-refractivity contribution in [3.05, 3.63) is 29.8 Å². The molecular formula is C11H14O5. The lowest BCUT2D eigenvalue weighted by atomic mass is 10.2. The van der Waals surface area contributed by atoms with Gasteiger partial charge < -0.3 is 20.4 Å². The van der Waals surface area contributed by atoms with Crippen molar-refractivity contribution in [2.24, 2.45) is 0 Å². The first-order chi connectivity index (χ1) is 7.51. The summed E-state index contributed by atoms with van der Waals surface area (Å²) >= 11 is 0. The fourth-order valence-corrected chi connectivity index (χ4v) is 0.812. The fraction of sp³-hybridized carbons (Fsp3) is 0.182. The zero-order valence-electron chi connectivity index (χ0n) is 8.79. The van der Waals surface area contributed by atoms with E-state index in [1.165, 1.54) is 24.3 Å². The van der Waals surface area contributed by atoms with Gasteiger partial charge in [0.2, 0.25) is 0 Å². The van der Waals surface area contributed by atoms with Crippen molar-refractivity contribution < 1.29 is 25.2 Å². The molecular weight excluding hydrogens is 212 g/mol. The summed E-state index contributed by atoms with van der Waals surface area (Å²) < 4.78 is 0. The van der Waals surface area contributed by atoms with Crippen LogP contribution in [0.5, 0.6) is 11.5 Å². The summed E-state index contributed by atoms with van der Waals surface area (Å²) in [6, 6.07) is 4.06. The molecule has 1 aromatic rings. The van der Waals surface area contributed by atoms with Crippen molar-refractivity contribution in [1.29, 1.82) is 0 Å². The SMILES string of the molecule is CCO.O=C(O)C=Cc1ccc(O)c(O)c1. The zero-order valence-corrected chi connectivity index (χ0v) is 8.79. The molecule has 4 N–H and O–H groups in total. The zero-order chi connectivity index (χ0) is 12.6. The van der Waals surface area contributed by atoms with Crippen molar-refractivity contribution >= 4 is 12.0 Å². The van der Waals surface area contributed by atoms with Crippen molar-refractivity contribution in [3.8, 4) is 11.5 Å². The summed E-state index contributed by atoms with van der Waals surface area (Å²) in [5, 5.41) is 33.8. The molecule has 5 nitrogen and oxygen atoms in total. The first-order valence-electron chi connectivity index (χ1n) is 4.55. The van der Waals surface area contributed by atoms with Crippen LogP contribution in [-0.2, 0) is 4.79 Å². The van der Waals surface area contributed by atoms with Gasteiger partial charge in [-0.2, -0.15) is 0 Å². The lowest BCUT2D eigenvalue weighted by Crippen LogP contribution is -1.85. The third-order valence-electron chi connectivity index (χ3n) is 1.42. The number of aliphatic carboxylic acids is 1. The molecule has 0 spiro atoms. The minimum atomic E-state index is -1.06. The average molecular weight is 226 g/mol. The standard InChI is InChI=1S/C9H8O4.C2H6O/c10-7-3-1-6(5-8(7)11)2-4-9(12)13;1-2-3/h1-5,10-11H,(H,12,13);3H,2H2,1H3. The second-order valence-electron chi connectivity index (χ2n) is 2.74. The van der Waals surface area contributed by atoms with Gasteiger partial charge in [-0.15, -0.1) is 0 Å². The molecule has 88 valence electrons. The van der Waals surface area contributed by atoms with E-state index in [9.17, 15) is 4.79 Å². The fourth-order valence-electron chi connectivity index (χ4n) is 0.812. The van der Waals surface area contributed by atoms with Gasteiger partial charge in [-0.05, 0) is 30.7 Å². The summed E-state index contributed by atoms with van der Waals surface area (Å²) in [6.07, 6.45) is 2.27. The van der Waals surface area contributed by atoms with E-state index < -0.39 is 5.97 Å². The number of carboxylic acid groups (broad SMARTS) is 1. The predicted molar refractivity (Wildman–Crippen MR) is 59.2 cm³/mol. The number of hydrogen-bond acceptors (Lipinski definition) is 4. The van der Waals surface area contributed by atoms with Crippen molar-refractivity contribution in [2.75, 3.05) is 6.61 Å². The number of phenols is 2. The van der Waals surface area contributed by atoms with Crippen molar-refractivity contribution in [2.45, 2.75) is 6.92 Å². The number of carbonyl (C=O) groups is 1. The van der Waals surface area contributed by atoms with Gasteiger partial charge >= 0.3 is 5.97 Å². The molecule has 0 amide bonds. The molecule has 0 saturated carbocycles. The number of rotatable bonds is 2. The second-order valence-corrected chi connectivity index (χ2v) is 2.74. The van der Waals surface area contributed by atoms with E-state index in [0.29, 0.717) is 5.56 Å². The highest BCUT2D eigenvalue weighted by Crippen LogP contribution is 2.25. The van der Waals surface area contributed by atoms with E-state index in [2.05, 4.69) is 0 Å². The Hall–Kier alpha value is -2.01. The van der Waals surface area contributed by atoms with Crippen LogP contribution < -0.4 is 0 Å². The van der Waals surface area contributed by atoms with Gasteiger partial charge in [0.05, 0.1) is 0 Å². The van der Waals surface area contributed by atoms with Gasteiger partial charge in [-0.3, -0.25) is 0 Å². The van der Waals surface area contributed by atoms with Crippen LogP contribution in [0, 0.1) is 0 Å². The molecule has 0 aliphatic heterocycles. The average Bonchev–Trinajstić information content (AvgIpc) is 2.21. The summed E-state index contributed by atoms with van der Waals surface area (Å²) in [4.78, 5) is 10.1. The highest BCUT2D eigenvalue weighted by Gasteiger charge is 1.97. The Bertz CT molecular complexity index is 371. The number of aromatic hydroxyl groups is 2. The largest absolute Gasteiger partial charge is 0.504 e. The van der Waals surface area contributed by atoms with Gasteiger partial charge in [0, 0.05) is 12.7 Å².